The third-order valence-corrected chi connectivity index (χ3v) is 10.1. The first-order valence-corrected chi connectivity index (χ1v) is 17.8. The van der Waals surface area contributed by atoms with E-state index in [9.17, 15) is 0 Å². The Morgan fingerprint density at radius 2 is 0.980 bits per heavy atom. The van der Waals surface area contributed by atoms with Crippen molar-refractivity contribution >= 4 is 44.3 Å². The zero-order valence-corrected chi connectivity index (χ0v) is 29.4. The van der Waals surface area contributed by atoms with E-state index in [0.717, 1.165) is 58.8 Å². The van der Waals surface area contributed by atoms with Gasteiger partial charge in [-0.15, -0.1) is 0 Å². The van der Waals surface area contributed by atoms with Crippen LogP contribution in [0.15, 0.2) is 170 Å². The van der Waals surface area contributed by atoms with Gasteiger partial charge in [-0.05, 0) is 68.9 Å². The Morgan fingerprint density at radius 1 is 0.392 bits per heavy atom. The van der Waals surface area contributed by atoms with Gasteiger partial charge in [0.15, 0.2) is 17.5 Å². The molecule has 9 rings (SSSR count). The van der Waals surface area contributed by atoms with E-state index in [4.69, 9.17) is 19.9 Å². The number of pyridine rings is 2. The number of fused-ring (bicyclic) bond motifs is 3. The fourth-order valence-corrected chi connectivity index (χ4v) is 7.58. The van der Waals surface area contributed by atoms with E-state index in [-0.39, 0.29) is 0 Å². The summed E-state index contributed by atoms with van der Waals surface area (Å²) in [5.41, 5.74) is 10.1. The van der Waals surface area contributed by atoms with Crippen molar-refractivity contribution in [1.82, 2.24) is 24.9 Å². The molecule has 0 aliphatic heterocycles. The number of aromatic nitrogens is 5. The van der Waals surface area contributed by atoms with Crippen LogP contribution in [0, 0.1) is 3.57 Å². The Balaban J connectivity index is 1.22. The van der Waals surface area contributed by atoms with Crippen molar-refractivity contribution in [3.63, 3.8) is 0 Å². The topological polar surface area (TPSA) is 64.5 Å². The Morgan fingerprint density at radius 3 is 1.71 bits per heavy atom. The molecular formula is C45H28IN5. The van der Waals surface area contributed by atoms with Crippen molar-refractivity contribution in [1.29, 1.82) is 0 Å². The second-order valence-electron chi connectivity index (χ2n) is 12.2. The molecule has 6 aromatic carbocycles. The Kier molecular flexibility index (Phi) is 8.06. The molecule has 0 N–H and O–H groups in total. The van der Waals surface area contributed by atoms with E-state index < -0.39 is 0 Å². The normalized spacial score (nSPS) is 11.2. The number of hydrogen-bond donors (Lipinski definition) is 0. The minimum atomic E-state index is 0.533. The third-order valence-electron chi connectivity index (χ3n) is 9.04. The van der Waals surface area contributed by atoms with Gasteiger partial charge in [-0.25, -0.2) is 19.9 Å². The van der Waals surface area contributed by atoms with Gasteiger partial charge >= 0.3 is 0 Å². The van der Waals surface area contributed by atoms with E-state index in [0.29, 0.717) is 23.2 Å². The summed E-state index contributed by atoms with van der Waals surface area (Å²) < 4.78 is 1.14. The molecule has 0 radical (unpaired) electrons. The Hall–Kier alpha value is -6.12. The maximum atomic E-state index is 5.40. The molecule has 0 saturated heterocycles. The van der Waals surface area contributed by atoms with Crippen molar-refractivity contribution in [2.24, 2.45) is 0 Å². The smallest absolute Gasteiger partial charge is 0.182 e. The lowest BCUT2D eigenvalue weighted by Gasteiger charge is -2.16. The van der Waals surface area contributed by atoms with Crippen LogP contribution in [-0.2, 0) is 0 Å². The fraction of sp³-hybridized carbons (Fsp3) is 0. The Bertz CT molecular complexity index is 2630. The molecule has 240 valence electrons. The van der Waals surface area contributed by atoms with Gasteiger partial charge in [0.2, 0.25) is 0 Å². The Labute approximate surface area is 308 Å². The van der Waals surface area contributed by atoms with E-state index in [1.165, 1.54) is 11.1 Å². The van der Waals surface area contributed by atoms with Gasteiger partial charge < -0.3 is 0 Å². The summed E-state index contributed by atoms with van der Waals surface area (Å²) in [5, 5.41) is 3.37. The number of rotatable bonds is 6. The van der Waals surface area contributed by atoms with Crippen LogP contribution < -0.4 is 0 Å². The second kappa shape index (κ2) is 13.3. The highest BCUT2D eigenvalue weighted by molar-refractivity contribution is 14.1. The zero-order chi connectivity index (χ0) is 34.1. The third kappa shape index (κ3) is 5.93. The summed E-state index contributed by atoms with van der Waals surface area (Å²) in [6, 6.07) is 56.3. The van der Waals surface area contributed by atoms with Crippen LogP contribution in [0.2, 0.25) is 0 Å². The van der Waals surface area contributed by atoms with Gasteiger partial charge in [-0.3, -0.25) is 4.98 Å². The predicted molar refractivity (Wildman–Crippen MR) is 216 cm³/mol. The molecule has 0 aliphatic carbocycles. The average molecular weight is 766 g/mol. The molecule has 6 heteroatoms. The molecule has 5 nitrogen and oxygen atoms in total. The van der Waals surface area contributed by atoms with E-state index in [1.54, 1.807) is 6.20 Å². The van der Waals surface area contributed by atoms with E-state index in [1.807, 2.05) is 60.7 Å². The van der Waals surface area contributed by atoms with Gasteiger partial charge in [-0.2, -0.15) is 0 Å². The van der Waals surface area contributed by atoms with E-state index in [2.05, 4.69) is 131 Å². The summed E-state index contributed by atoms with van der Waals surface area (Å²) >= 11 is 2.47. The van der Waals surface area contributed by atoms with Gasteiger partial charge in [0.25, 0.3) is 0 Å². The van der Waals surface area contributed by atoms with Crippen molar-refractivity contribution in [2.75, 3.05) is 0 Å². The summed E-state index contributed by atoms with van der Waals surface area (Å²) in [4.78, 5) is 24.6. The molecule has 0 aliphatic rings. The first-order chi connectivity index (χ1) is 25.2. The van der Waals surface area contributed by atoms with Crippen molar-refractivity contribution in [3.05, 3.63) is 174 Å². The lowest BCUT2D eigenvalue weighted by Crippen LogP contribution is -2.01. The number of nitrogens with zero attached hydrogens (tertiary/aromatic N) is 5. The molecule has 3 aromatic heterocycles. The SMILES string of the molecule is Ic1c(-c2ccccc2)nc2c(ccc3ccc(-c4cccc(-c5nc(-c6ccccc6)nc(-c6ccccn6)n5)c4)cc32)c1-c1ccccc1. The lowest BCUT2D eigenvalue weighted by molar-refractivity contribution is 1.06. The summed E-state index contributed by atoms with van der Waals surface area (Å²) in [6.45, 7) is 0. The van der Waals surface area contributed by atoms with Gasteiger partial charge in [0.1, 0.15) is 5.69 Å². The van der Waals surface area contributed by atoms with Crippen LogP contribution in [0.1, 0.15) is 0 Å². The standard InChI is InChI=1S/C45H28IN5/c46-40-39(30-13-4-1-5-14-30)36-25-24-29-22-23-34(28-37(29)42(36)48-41(40)31-15-6-2-7-16-31)33-19-12-20-35(27-33)44-49-43(32-17-8-3-9-18-32)50-45(51-44)38-21-10-11-26-47-38/h1-28H. The quantitative estimate of drug-likeness (QED) is 0.125. The van der Waals surface area contributed by atoms with Crippen LogP contribution in [-0.4, -0.2) is 24.9 Å². The molecule has 0 spiro atoms. The zero-order valence-electron chi connectivity index (χ0n) is 27.3. The molecule has 0 amide bonds. The van der Waals surface area contributed by atoms with Crippen molar-refractivity contribution < 1.29 is 0 Å². The molecule has 0 saturated carbocycles. The van der Waals surface area contributed by atoms with E-state index >= 15 is 0 Å². The monoisotopic (exact) mass is 765 g/mol. The van der Waals surface area contributed by atoms with Crippen LogP contribution in [0.5, 0.6) is 0 Å². The van der Waals surface area contributed by atoms with Crippen LogP contribution in [0.4, 0.5) is 0 Å². The molecule has 0 unspecified atom stereocenters. The molecule has 51 heavy (non-hydrogen) atoms. The number of hydrogen-bond acceptors (Lipinski definition) is 5. The van der Waals surface area contributed by atoms with Gasteiger partial charge in [0.05, 0.1) is 11.2 Å². The highest BCUT2D eigenvalue weighted by Gasteiger charge is 2.19. The second-order valence-corrected chi connectivity index (χ2v) is 13.3. The average Bonchev–Trinajstić information content (AvgIpc) is 3.21. The molecule has 3 heterocycles. The van der Waals surface area contributed by atoms with Crippen molar-refractivity contribution in [2.45, 2.75) is 0 Å². The highest BCUT2D eigenvalue weighted by Crippen LogP contribution is 2.41. The maximum Gasteiger partial charge on any atom is 0.182 e. The molecular weight excluding hydrogens is 737 g/mol. The van der Waals surface area contributed by atoms with Crippen LogP contribution in [0.25, 0.3) is 89.5 Å². The molecule has 0 fully saturated rings. The minimum absolute atomic E-state index is 0.533. The maximum absolute atomic E-state index is 5.40. The van der Waals surface area contributed by atoms with Crippen LogP contribution >= 0.6 is 22.6 Å². The highest BCUT2D eigenvalue weighted by atomic mass is 127. The largest absolute Gasteiger partial charge is 0.253 e. The first-order valence-electron chi connectivity index (χ1n) is 16.7. The lowest BCUT2D eigenvalue weighted by atomic mass is 9.94. The van der Waals surface area contributed by atoms with Crippen LogP contribution in [0.3, 0.4) is 0 Å². The fourth-order valence-electron chi connectivity index (χ4n) is 6.55. The summed E-state index contributed by atoms with van der Waals surface area (Å²) in [7, 11) is 0. The number of benzene rings is 6. The predicted octanol–water partition coefficient (Wildman–Crippen LogP) is 11.6. The minimum Gasteiger partial charge on any atom is -0.253 e. The molecule has 9 aromatic rings. The van der Waals surface area contributed by atoms with Gasteiger partial charge in [0, 0.05) is 42.8 Å². The summed E-state index contributed by atoms with van der Waals surface area (Å²) in [5.74, 6) is 1.73. The number of halogens is 1. The molecule has 0 atom stereocenters. The van der Waals surface area contributed by atoms with Gasteiger partial charge in [-0.1, -0.05) is 140 Å². The summed E-state index contributed by atoms with van der Waals surface area (Å²) in [6.07, 6.45) is 1.76. The molecule has 0 bridgehead atoms. The first kappa shape index (κ1) is 30.9. The van der Waals surface area contributed by atoms with Crippen molar-refractivity contribution in [3.8, 4) is 67.8 Å².